The highest BCUT2D eigenvalue weighted by Gasteiger charge is 2.32. The molecule has 120 valence electrons. The summed E-state index contributed by atoms with van der Waals surface area (Å²) in [6.07, 6.45) is 2.60. The van der Waals surface area contributed by atoms with Crippen molar-refractivity contribution >= 4 is 16.8 Å². The van der Waals surface area contributed by atoms with E-state index in [4.69, 9.17) is 0 Å². The first-order valence-electron chi connectivity index (χ1n) is 8.22. The standard InChI is InChI=1S/C18H20FN3O/c1-12-10-16(15-5-2-13(19)11-17(15)20-12)18(23)22-8-6-21(7-9-22)14-3-4-14/h2,5,10-11,14H,3-4,6-9H2,1H3. The number of pyridine rings is 1. The van der Waals surface area contributed by atoms with Gasteiger partial charge in [0.05, 0.1) is 11.1 Å². The van der Waals surface area contributed by atoms with Gasteiger partial charge >= 0.3 is 0 Å². The van der Waals surface area contributed by atoms with E-state index in [9.17, 15) is 9.18 Å². The smallest absolute Gasteiger partial charge is 0.254 e. The summed E-state index contributed by atoms with van der Waals surface area (Å²) in [5.74, 6) is -0.297. The molecule has 1 saturated carbocycles. The van der Waals surface area contributed by atoms with E-state index in [1.807, 2.05) is 17.9 Å². The second-order valence-electron chi connectivity index (χ2n) is 6.53. The molecule has 0 bridgehead atoms. The second kappa shape index (κ2) is 5.57. The Morgan fingerprint density at radius 3 is 2.61 bits per heavy atom. The van der Waals surface area contributed by atoms with Crippen LogP contribution >= 0.6 is 0 Å². The topological polar surface area (TPSA) is 36.4 Å². The van der Waals surface area contributed by atoms with Gasteiger partial charge in [0.15, 0.2) is 0 Å². The van der Waals surface area contributed by atoms with Crippen molar-refractivity contribution in [3.05, 3.63) is 41.3 Å². The maximum absolute atomic E-state index is 13.4. The first-order chi connectivity index (χ1) is 11.1. The predicted molar refractivity (Wildman–Crippen MR) is 86.9 cm³/mol. The Morgan fingerprint density at radius 1 is 1.17 bits per heavy atom. The van der Waals surface area contributed by atoms with Gasteiger partial charge in [0, 0.05) is 49.4 Å². The van der Waals surface area contributed by atoms with Gasteiger partial charge in [0.25, 0.3) is 5.91 Å². The fourth-order valence-electron chi connectivity index (χ4n) is 3.41. The van der Waals surface area contributed by atoms with E-state index >= 15 is 0 Å². The molecule has 0 unspecified atom stereocenters. The molecule has 0 N–H and O–H groups in total. The zero-order valence-electron chi connectivity index (χ0n) is 13.3. The fraction of sp³-hybridized carbons (Fsp3) is 0.444. The number of nitrogens with zero attached hydrogens (tertiary/aromatic N) is 3. The van der Waals surface area contributed by atoms with Gasteiger partial charge in [-0.25, -0.2) is 4.39 Å². The highest BCUT2D eigenvalue weighted by atomic mass is 19.1. The zero-order chi connectivity index (χ0) is 16.0. The second-order valence-corrected chi connectivity index (χ2v) is 6.53. The Labute approximate surface area is 134 Å². The van der Waals surface area contributed by atoms with Crippen LogP contribution in [0.5, 0.6) is 0 Å². The number of amides is 1. The monoisotopic (exact) mass is 313 g/mol. The molecular formula is C18H20FN3O. The van der Waals surface area contributed by atoms with Crippen molar-refractivity contribution in [3.63, 3.8) is 0 Å². The van der Waals surface area contributed by atoms with Gasteiger partial charge < -0.3 is 4.90 Å². The molecule has 5 heteroatoms. The number of carbonyl (C=O) groups excluding carboxylic acids is 1. The summed E-state index contributed by atoms with van der Waals surface area (Å²) in [5, 5.41) is 0.728. The van der Waals surface area contributed by atoms with E-state index < -0.39 is 0 Å². The Hall–Kier alpha value is -2.01. The van der Waals surface area contributed by atoms with Crippen molar-refractivity contribution in [2.75, 3.05) is 26.2 Å². The van der Waals surface area contributed by atoms with Crippen LogP contribution in [0.2, 0.25) is 0 Å². The van der Waals surface area contributed by atoms with Crippen molar-refractivity contribution < 1.29 is 9.18 Å². The first kappa shape index (κ1) is 14.6. The zero-order valence-corrected chi connectivity index (χ0v) is 13.3. The van der Waals surface area contributed by atoms with Crippen molar-refractivity contribution in [3.8, 4) is 0 Å². The summed E-state index contributed by atoms with van der Waals surface area (Å²) < 4.78 is 13.4. The SMILES string of the molecule is Cc1cc(C(=O)N2CCN(C3CC3)CC2)c2ccc(F)cc2n1. The maximum atomic E-state index is 13.4. The number of aryl methyl sites for hydroxylation is 1. The third kappa shape index (κ3) is 2.81. The number of rotatable bonds is 2. The number of hydrogen-bond donors (Lipinski definition) is 0. The van der Waals surface area contributed by atoms with Crippen LogP contribution in [-0.2, 0) is 0 Å². The molecule has 2 fully saturated rings. The largest absolute Gasteiger partial charge is 0.336 e. The van der Waals surface area contributed by atoms with E-state index in [0.717, 1.165) is 43.3 Å². The number of benzene rings is 1. The number of halogens is 1. The summed E-state index contributed by atoms with van der Waals surface area (Å²) in [5.41, 5.74) is 1.92. The summed E-state index contributed by atoms with van der Waals surface area (Å²) in [7, 11) is 0. The molecule has 1 aliphatic heterocycles. The first-order valence-corrected chi connectivity index (χ1v) is 8.22. The maximum Gasteiger partial charge on any atom is 0.254 e. The molecule has 1 saturated heterocycles. The molecule has 1 aliphatic carbocycles. The van der Waals surface area contributed by atoms with E-state index in [2.05, 4.69) is 9.88 Å². The lowest BCUT2D eigenvalue weighted by Crippen LogP contribution is -2.49. The predicted octanol–water partition coefficient (Wildman–Crippen LogP) is 2.60. The van der Waals surface area contributed by atoms with Crippen molar-refractivity contribution in [1.29, 1.82) is 0 Å². The lowest BCUT2D eigenvalue weighted by Gasteiger charge is -2.35. The fourth-order valence-corrected chi connectivity index (χ4v) is 3.41. The quantitative estimate of drug-likeness (QED) is 0.855. The van der Waals surface area contributed by atoms with Gasteiger partial charge in [0.1, 0.15) is 5.82 Å². The van der Waals surface area contributed by atoms with E-state index in [-0.39, 0.29) is 11.7 Å². The highest BCUT2D eigenvalue weighted by Crippen LogP contribution is 2.28. The molecule has 4 nitrogen and oxygen atoms in total. The molecule has 2 heterocycles. The summed E-state index contributed by atoms with van der Waals surface area (Å²) in [6.45, 7) is 5.27. The summed E-state index contributed by atoms with van der Waals surface area (Å²) >= 11 is 0. The van der Waals surface area contributed by atoms with Crippen molar-refractivity contribution in [2.45, 2.75) is 25.8 Å². The number of aromatic nitrogens is 1. The molecule has 2 aliphatic rings. The summed E-state index contributed by atoms with van der Waals surface area (Å²) in [4.78, 5) is 21.7. The average Bonchev–Trinajstić information content (AvgIpc) is 3.38. The minimum atomic E-state index is -0.327. The Balaban J connectivity index is 1.62. The van der Waals surface area contributed by atoms with E-state index in [1.54, 1.807) is 6.07 Å². The Kier molecular flexibility index (Phi) is 3.53. The summed E-state index contributed by atoms with van der Waals surface area (Å²) in [6, 6.07) is 7.01. The van der Waals surface area contributed by atoms with E-state index in [0.29, 0.717) is 11.1 Å². The number of piperazine rings is 1. The molecular weight excluding hydrogens is 293 g/mol. The third-order valence-electron chi connectivity index (χ3n) is 4.80. The lowest BCUT2D eigenvalue weighted by atomic mass is 10.1. The molecule has 0 radical (unpaired) electrons. The van der Waals surface area contributed by atoms with Gasteiger partial charge in [-0.05, 0) is 38.0 Å². The molecule has 0 spiro atoms. The van der Waals surface area contributed by atoms with Crippen LogP contribution in [0.25, 0.3) is 10.9 Å². The van der Waals surface area contributed by atoms with Crippen LogP contribution in [-0.4, -0.2) is 52.9 Å². The van der Waals surface area contributed by atoms with Crippen molar-refractivity contribution in [2.24, 2.45) is 0 Å². The molecule has 0 atom stereocenters. The van der Waals surface area contributed by atoms with Gasteiger partial charge in [-0.3, -0.25) is 14.7 Å². The Bertz CT molecular complexity index is 759. The molecule has 23 heavy (non-hydrogen) atoms. The minimum absolute atomic E-state index is 0.0301. The molecule has 2 aromatic rings. The van der Waals surface area contributed by atoms with Crippen LogP contribution in [0.3, 0.4) is 0 Å². The lowest BCUT2D eigenvalue weighted by molar-refractivity contribution is 0.0629. The van der Waals surface area contributed by atoms with Gasteiger partial charge in [0.2, 0.25) is 0 Å². The normalized spacial score (nSPS) is 19.3. The number of fused-ring (bicyclic) bond motifs is 1. The number of carbonyl (C=O) groups is 1. The van der Waals surface area contributed by atoms with Gasteiger partial charge in [-0.15, -0.1) is 0 Å². The van der Waals surface area contributed by atoms with Gasteiger partial charge in [-0.2, -0.15) is 0 Å². The molecule has 4 rings (SSSR count). The molecule has 1 aromatic carbocycles. The van der Waals surface area contributed by atoms with Crippen LogP contribution < -0.4 is 0 Å². The van der Waals surface area contributed by atoms with Crippen molar-refractivity contribution in [1.82, 2.24) is 14.8 Å². The van der Waals surface area contributed by atoms with Crippen LogP contribution in [0.1, 0.15) is 28.9 Å². The van der Waals surface area contributed by atoms with Crippen LogP contribution in [0.15, 0.2) is 24.3 Å². The number of hydrogen-bond acceptors (Lipinski definition) is 3. The minimum Gasteiger partial charge on any atom is -0.336 e. The Morgan fingerprint density at radius 2 is 1.91 bits per heavy atom. The highest BCUT2D eigenvalue weighted by molar-refractivity contribution is 6.06. The molecule has 1 aromatic heterocycles. The molecule has 1 amide bonds. The third-order valence-corrected chi connectivity index (χ3v) is 4.80. The van der Waals surface area contributed by atoms with Crippen LogP contribution in [0, 0.1) is 12.7 Å². The van der Waals surface area contributed by atoms with Gasteiger partial charge in [-0.1, -0.05) is 0 Å². The van der Waals surface area contributed by atoms with Crippen LogP contribution in [0.4, 0.5) is 4.39 Å². The average molecular weight is 313 g/mol. The van der Waals surface area contributed by atoms with E-state index in [1.165, 1.54) is 25.0 Å².